The van der Waals surface area contributed by atoms with E-state index in [2.05, 4.69) is 5.92 Å². The van der Waals surface area contributed by atoms with Gasteiger partial charge in [-0.3, -0.25) is 4.79 Å². The van der Waals surface area contributed by atoms with Gasteiger partial charge in [0, 0.05) is 11.6 Å². The summed E-state index contributed by atoms with van der Waals surface area (Å²) in [5.41, 5.74) is 0.735. The second kappa shape index (κ2) is 6.26. The highest BCUT2D eigenvalue weighted by Crippen LogP contribution is 2.23. The van der Waals surface area contributed by atoms with Crippen LogP contribution >= 0.6 is 0 Å². The van der Waals surface area contributed by atoms with E-state index in [0.717, 1.165) is 18.4 Å². The number of hydrogen-bond donors (Lipinski definition) is 0. The van der Waals surface area contributed by atoms with Crippen molar-refractivity contribution in [3.05, 3.63) is 35.9 Å². The van der Waals surface area contributed by atoms with Crippen LogP contribution in [0, 0.1) is 12.3 Å². The Balaban J connectivity index is 2.14. The maximum absolute atomic E-state index is 12.5. The van der Waals surface area contributed by atoms with E-state index in [1.165, 1.54) is 19.3 Å². The Labute approximate surface area is 109 Å². The van der Waals surface area contributed by atoms with E-state index in [4.69, 9.17) is 6.42 Å². The van der Waals surface area contributed by atoms with Gasteiger partial charge in [0.15, 0.2) is 0 Å². The summed E-state index contributed by atoms with van der Waals surface area (Å²) in [5.74, 6) is 2.69. The molecule has 0 atom stereocenters. The fourth-order valence-corrected chi connectivity index (χ4v) is 2.60. The molecule has 0 spiro atoms. The smallest absolute Gasteiger partial charge is 0.254 e. The van der Waals surface area contributed by atoms with Gasteiger partial charge in [-0.05, 0) is 25.0 Å². The first-order valence-corrected chi connectivity index (χ1v) is 6.62. The number of hydrogen-bond acceptors (Lipinski definition) is 1. The Morgan fingerprint density at radius 1 is 1.22 bits per heavy atom. The SMILES string of the molecule is C#CCN(C(=O)c1ccccc1)C1CCCCC1. The average Bonchev–Trinajstić information content (AvgIpc) is 2.46. The Hall–Kier alpha value is -1.75. The summed E-state index contributed by atoms with van der Waals surface area (Å²) in [4.78, 5) is 14.3. The fraction of sp³-hybridized carbons (Fsp3) is 0.438. The molecule has 1 aliphatic carbocycles. The zero-order valence-electron chi connectivity index (χ0n) is 10.6. The number of carbonyl (C=O) groups excluding carboxylic acids is 1. The summed E-state index contributed by atoms with van der Waals surface area (Å²) in [6.07, 6.45) is 11.3. The molecule has 0 heterocycles. The third kappa shape index (κ3) is 2.92. The highest BCUT2D eigenvalue weighted by molar-refractivity contribution is 5.94. The van der Waals surface area contributed by atoms with Gasteiger partial charge in [0.05, 0.1) is 6.54 Å². The molecule has 0 saturated heterocycles. The predicted octanol–water partition coefficient (Wildman–Crippen LogP) is 3.09. The molecule has 0 unspecified atom stereocenters. The van der Waals surface area contributed by atoms with Crippen molar-refractivity contribution in [1.29, 1.82) is 0 Å². The zero-order chi connectivity index (χ0) is 12.8. The molecule has 0 aliphatic heterocycles. The lowest BCUT2D eigenvalue weighted by molar-refractivity contribution is 0.0667. The molecule has 2 nitrogen and oxygen atoms in total. The maximum atomic E-state index is 12.5. The number of amides is 1. The minimum atomic E-state index is 0.0699. The van der Waals surface area contributed by atoms with Crippen LogP contribution in [0.1, 0.15) is 42.5 Å². The third-order valence-corrected chi connectivity index (χ3v) is 3.56. The molecular weight excluding hydrogens is 222 g/mol. The van der Waals surface area contributed by atoms with E-state index in [0.29, 0.717) is 12.6 Å². The van der Waals surface area contributed by atoms with Gasteiger partial charge < -0.3 is 4.90 Å². The third-order valence-electron chi connectivity index (χ3n) is 3.56. The lowest BCUT2D eigenvalue weighted by Crippen LogP contribution is -2.41. The molecule has 0 aromatic heterocycles. The van der Waals surface area contributed by atoms with Gasteiger partial charge in [0.1, 0.15) is 0 Å². The second-order valence-corrected chi connectivity index (χ2v) is 4.80. The van der Waals surface area contributed by atoms with E-state index < -0.39 is 0 Å². The molecule has 1 amide bonds. The van der Waals surface area contributed by atoms with Crippen molar-refractivity contribution in [2.24, 2.45) is 0 Å². The van der Waals surface area contributed by atoms with Crippen molar-refractivity contribution in [2.45, 2.75) is 38.1 Å². The summed E-state index contributed by atoms with van der Waals surface area (Å²) in [7, 11) is 0. The first-order chi connectivity index (χ1) is 8.83. The van der Waals surface area contributed by atoms with Crippen LogP contribution in [0.2, 0.25) is 0 Å². The highest BCUT2D eigenvalue weighted by atomic mass is 16.2. The molecule has 2 rings (SSSR count). The highest BCUT2D eigenvalue weighted by Gasteiger charge is 2.25. The number of benzene rings is 1. The van der Waals surface area contributed by atoms with Crippen LogP contribution in [0.4, 0.5) is 0 Å². The molecule has 0 radical (unpaired) electrons. The topological polar surface area (TPSA) is 20.3 Å². The summed E-state index contributed by atoms with van der Waals surface area (Å²) in [6, 6.07) is 9.74. The molecule has 2 heteroatoms. The van der Waals surface area contributed by atoms with Crippen LogP contribution < -0.4 is 0 Å². The van der Waals surface area contributed by atoms with Crippen LogP contribution in [0.3, 0.4) is 0 Å². The van der Waals surface area contributed by atoms with E-state index in [9.17, 15) is 4.79 Å². The second-order valence-electron chi connectivity index (χ2n) is 4.80. The maximum Gasteiger partial charge on any atom is 0.254 e. The molecule has 1 aromatic carbocycles. The molecule has 1 fully saturated rings. The summed E-state index contributed by atoms with van der Waals surface area (Å²) in [6.45, 7) is 0.415. The van der Waals surface area contributed by atoms with Gasteiger partial charge in [-0.1, -0.05) is 43.4 Å². The van der Waals surface area contributed by atoms with Crippen LogP contribution in [0.25, 0.3) is 0 Å². The lowest BCUT2D eigenvalue weighted by atomic mass is 9.93. The Kier molecular flexibility index (Phi) is 4.41. The molecule has 0 bridgehead atoms. The van der Waals surface area contributed by atoms with E-state index in [-0.39, 0.29) is 5.91 Å². The van der Waals surface area contributed by atoms with Crippen molar-refractivity contribution in [3.63, 3.8) is 0 Å². The predicted molar refractivity (Wildman–Crippen MR) is 73.2 cm³/mol. The van der Waals surface area contributed by atoms with Gasteiger partial charge in [-0.15, -0.1) is 6.42 Å². The lowest BCUT2D eigenvalue weighted by Gasteiger charge is -2.33. The van der Waals surface area contributed by atoms with Crippen molar-refractivity contribution >= 4 is 5.91 Å². The van der Waals surface area contributed by atoms with Crippen LogP contribution in [-0.4, -0.2) is 23.4 Å². The largest absolute Gasteiger partial charge is 0.325 e. The van der Waals surface area contributed by atoms with Crippen LogP contribution in [-0.2, 0) is 0 Å². The Morgan fingerprint density at radius 2 is 1.89 bits per heavy atom. The van der Waals surface area contributed by atoms with Crippen molar-refractivity contribution in [3.8, 4) is 12.3 Å². The average molecular weight is 241 g/mol. The van der Waals surface area contributed by atoms with Gasteiger partial charge in [0.25, 0.3) is 5.91 Å². The van der Waals surface area contributed by atoms with E-state index in [1.807, 2.05) is 35.2 Å². The summed E-state index contributed by atoms with van der Waals surface area (Å²) in [5, 5.41) is 0. The number of nitrogens with zero attached hydrogens (tertiary/aromatic N) is 1. The Bertz CT molecular complexity index is 426. The minimum Gasteiger partial charge on any atom is -0.325 e. The number of carbonyl (C=O) groups is 1. The van der Waals surface area contributed by atoms with Gasteiger partial charge in [0.2, 0.25) is 0 Å². The standard InChI is InChI=1S/C16H19NO/c1-2-13-17(15-11-7-4-8-12-15)16(18)14-9-5-3-6-10-14/h1,3,5-6,9-10,15H,4,7-8,11-13H2. The van der Waals surface area contributed by atoms with Crippen LogP contribution in [0.15, 0.2) is 30.3 Å². The first kappa shape index (κ1) is 12.7. The summed E-state index contributed by atoms with van der Waals surface area (Å²) < 4.78 is 0. The number of rotatable bonds is 3. The van der Waals surface area contributed by atoms with Gasteiger partial charge in [-0.25, -0.2) is 0 Å². The summed E-state index contributed by atoms with van der Waals surface area (Å²) >= 11 is 0. The monoisotopic (exact) mass is 241 g/mol. The molecule has 18 heavy (non-hydrogen) atoms. The van der Waals surface area contributed by atoms with Gasteiger partial charge >= 0.3 is 0 Å². The molecule has 1 aliphatic rings. The molecule has 94 valence electrons. The van der Waals surface area contributed by atoms with Crippen molar-refractivity contribution < 1.29 is 4.79 Å². The van der Waals surface area contributed by atoms with Gasteiger partial charge in [-0.2, -0.15) is 0 Å². The fourth-order valence-electron chi connectivity index (χ4n) is 2.60. The van der Waals surface area contributed by atoms with E-state index >= 15 is 0 Å². The van der Waals surface area contributed by atoms with Crippen molar-refractivity contribution in [1.82, 2.24) is 4.90 Å². The first-order valence-electron chi connectivity index (χ1n) is 6.62. The number of terminal acetylenes is 1. The zero-order valence-corrected chi connectivity index (χ0v) is 10.6. The normalized spacial score (nSPS) is 15.9. The Morgan fingerprint density at radius 3 is 2.50 bits per heavy atom. The van der Waals surface area contributed by atoms with E-state index in [1.54, 1.807) is 0 Å². The molecule has 1 aromatic rings. The van der Waals surface area contributed by atoms with Crippen LogP contribution in [0.5, 0.6) is 0 Å². The molecule has 0 N–H and O–H groups in total. The molecule has 1 saturated carbocycles. The van der Waals surface area contributed by atoms with Crippen molar-refractivity contribution in [2.75, 3.05) is 6.54 Å². The minimum absolute atomic E-state index is 0.0699. The quantitative estimate of drug-likeness (QED) is 0.745. The molecular formula is C16H19NO.